The van der Waals surface area contributed by atoms with E-state index in [4.69, 9.17) is 0 Å². The molecule has 1 unspecified atom stereocenters. The van der Waals surface area contributed by atoms with Crippen molar-refractivity contribution in [3.63, 3.8) is 0 Å². The van der Waals surface area contributed by atoms with E-state index in [1.807, 2.05) is 24.3 Å². The number of benzene rings is 2. The third kappa shape index (κ3) is 6.50. The molecule has 1 aliphatic rings. The van der Waals surface area contributed by atoms with Crippen molar-refractivity contribution in [2.45, 2.75) is 31.8 Å². The Bertz CT molecular complexity index is 1200. The zero-order valence-electron chi connectivity index (χ0n) is 18.6. The van der Waals surface area contributed by atoms with Gasteiger partial charge in [0.1, 0.15) is 12.1 Å². The minimum Gasteiger partial charge on any atom is -0.395 e. The molecule has 3 aromatic rings. The summed E-state index contributed by atoms with van der Waals surface area (Å²) in [6, 6.07) is 17.4. The van der Waals surface area contributed by atoms with E-state index in [2.05, 4.69) is 37.0 Å². The highest BCUT2D eigenvalue weighted by Crippen LogP contribution is 2.25. The molecule has 174 valence electrons. The van der Waals surface area contributed by atoms with E-state index in [-0.39, 0.29) is 12.6 Å². The summed E-state index contributed by atoms with van der Waals surface area (Å²) in [5.41, 5.74) is 4.14. The van der Waals surface area contributed by atoms with Crippen molar-refractivity contribution in [1.82, 2.24) is 14.9 Å². The lowest BCUT2D eigenvalue weighted by Crippen LogP contribution is -2.41. The van der Waals surface area contributed by atoms with Crippen LogP contribution in [-0.4, -0.2) is 53.8 Å². The van der Waals surface area contributed by atoms with Crippen LogP contribution in [0.4, 0.5) is 17.2 Å². The fraction of sp³-hybridized carbons (Fsp3) is 0.333. The summed E-state index contributed by atoms with van der Waals surface area (Å²) >= 11 is 0. The number of nitrogens with one attached hydrogen (secondary N) is 2. The van der Waals surface area contributed by atoms with Gasteiger partial charge in [-0.05, 0) is 49.2 Å². The van der Waals surface area contributed by atoms with Crippen molar-refractivity contribution in [3.8, 4) is 11.3 Å². The van der Waals surface area contributed by atoms with Crippen LogP contribution in [0, 0.1) is 0 Å². The maximum atomic E-state index is 11.5. The first-order valence-electron chi connectivity index (χ1n) is 11.0. The Labute approximate surface area is 194 Å². The van der Waals surface area contributed by atoms with Crippen molar-refractivity contribution in [2.24, 2.45) is 0 Å². The van der Waals surface area contributed by atoms with E-state index in [1.54, 1.807) is 18.2 Å². The van der Waals surface area contributed by atoms with Crippen LogP contribution in [-0.2, 0) is 16.6 Å². The Morgan fingerprint density at radius 3 is 2.70 bits per heavy atom. The quantitative estimate of drug-likeness (QED) is 0.465. The van der Waals surface area contributed by atoms with Gasteiger partial charge in [0, 0.05) is 29.9 Å². The lowest BCUT2D eigenvalue weighted by atomic mass is 10.0. The first-order valence-corrected chi connectivity index (χ1v) is 12.9. The van der Waals surface area contributed by atoms with Crippen molar-refractivity contribution in [2.75, 3.05) is 29.4 Å². The molecule has 1 saturated heterocycles. The fourth-order valence-corrected chi connectivity index (χ4v) is 4.70. The zero-order valence-corrected chi connectivity index (χ0v) is 19.4. The summed E-state index contributed by atoms with van der Waals surface area (Å²) in [6.07, 6.45) is 6.00. The molecule has 8 nitrogen and oxygen atoms in total. The molecule has 1 fully saturated rings. The molecule has 0 radical (unpaired) electrons. The Morgan fingerprint density at radius 1 is 1.06 bits per heavy atom. The third-order valence-corrected chi connectivity index (χ3v) is 6.28. The van der Waals surface area contributed by atoms with Gasteiger partial charge in [0.05, 0.1) is 24.2 Å². The SMILES string of the molecule is CS(=O)(=O)Nc1cccc(Nc2cc(-c3cccc(CN4CCCCC4CO)c3)ncn2)c1. The van der Waals surface area contributed by atoms with Crippen molar-refractivity contribution < 1.29 is 13.5 Å². The number of hydrogen-bond acceptors (Lipinski definition) is 7. The highest BCUT2D eigenvalue weighted by atomic mass is 32.2. The maximum Gasteiger partial charge on any atom is 0.229 e. The van der Waals surface area contributed by atoms with Gasteiger partial charge in [0.15, 0.2) is 0 Å². The average Bonchev–Trinajstić information content (AvgIpc) is 2.79. The second-order valence-corrected chi connectivity index (χ2v) is 10.1. The lowest BCUT2D eigenvalue weighted by Gasteiger charge is -2.34. The van der Waals surface area contributed by atoms with Crippen LogP contribution >= 0.6 is 0 Å². The van der Waals surface area contributed by atoms with Gasteiger partial charge in [-0.1, -0.05) is 30.7 Å². The molecule has 1 aliphatic heterocycles. The van der Waals surface area contributed by atoms with Crippen LogP contribution in [0.1, 0.15) is 24.8 Å². The predicted molar refractivity (Wildman–Crippen MR) is 131 cm³/mol. The number of hydrogen-bond donors (Lipinski definition) is 3. The molecule has 0 spiro atoms. The number of sulfonamides is 1. The average molecular weight is 468 g/mol. The van der Waals surface area contributed by atoms with Crippen LogP contribution in [0.5, 0.6) is 0 Å². The number of aliphatic hydroxyl groups is 1. The van der Waals surface area contributed by atoms with E-state index in [9.17, 15) is 13.5 Å². The highest BCUT2D eigenvalue weighted by molar-refractivity contribution is 7.92. The van der Waals surface area contributed by atoms with Crippen LogP contribution in [0.25, 0.3) is 11.3 Å². The smallest absolute Gasteiger partial charge is 0.229 e. The van der Waals surface area contributed by atoms with E-state index >= 15 is 0 Å². The molecular weight excluding hydrogens is 438 g/mol. The molecule has 3 N–H and O–H groups in total. The van der Waals surface area contributed by atoms with Gasteiger partial charge in [0.2, 0.25) is 10.0 Å². The van der Waals surface area contributed by atoms with Crippen LogP contribution in [0.3, 0.4) is 0 Å². The van der Waals surface area contributed by atoms with Gasteiger partial charge in [-0.25, -0.2) is 18.4 Å². The van der Waals surface area contributed by atoms with Gasteiger partial charge >= 0.3 is 0 Å². The van der Waals surface area contributed by atoms with E-state index < -0.39 is 10.0 Å². The lowest BCUT2D eigenvalue weighted by molar-refractivity contribution is 0.0841. The number of anilines is 3. The summed E-state index contributed by atoms with van der Waals surface area (Å²) < 4.78 is 25.5. The van der Waals surface area contributed by atoms with Gasteiger partial charge in [-0.2, -0.15) is 0 Å². The standard InChI is InChI=1S/C24H29N5O3S/c1-33(31,32)28-21-9-5-8-20(13-21)27-24-14-23(25-17-26-24)19-7-4-6-18(12-19)15-29-11-3-2-10-22(29)16-30/h4-9,12-14,17,22,28,30H,2-3,10-11,15-16H2,1H3,(H,25,26,27). The molecule has 1 aromatic heterocycles. The monoisotopic (exact) mass is 467 g/mol. The largest absolute Gasteiger partial charge is 0.395 e. The molecule has 9 heteroatoms. The summed E-state index contributed by atoms with van der Waals surface area (Å²) in [5, 5.41) is 12.9. The second kappa shape index (κ2) is 10.3. The number of aromatic nitrogens is 2. The molecular formula is C24H29N5O3S. The van der Waals surface area contributed by atoms with Crippen LogP contribution in [0.2, 0.25) is 0 Å². The van der Waals surface area contributed by atoms with Crippen LogP contribution < -0.4 is 10.0 Å². The Balaban J connectivity index is 1.50. The molecule has 0 saturated carbocycles. The van der Waals surface area contributed by atoms with Crippen molar-refractivity contribution in [3.05, 3.63) is 66.5 Å². The Kier molecular flexibility index (Phi) is 7.22. The van der Waals surface area contributed by atoms with Gasteiger partial charge < -0.3 is 10.4 Å². The van der Waals surface area contributed by atoms with Gasteiger partial charge in [-0.15, -0.1) is 0 Å². The van der Waals surface area contributed by atoms with Crippen molar-refractivity contribution >= 4 is 27.2 Å². The predicted octanol–water partition coefficient (Wildman–Crippen LogP) is 3.61. The molecule has 0 bridgehead atoms. The third-order valence-electron chi connectivity index (χ3n) is 5.67. The minimum absolute atomic E-state index is 0.196. The molecule has 0 amide bonds. The summed E-state index contributed by atoms with van der Waals surface area (Å²) in [4.78, 5) is 11.1. The number of rotatable bonds is 8. The Morgan fingerprint density at radius 2 is 1.88 bits per heavy atom. The normalized spacial score (nSPS) is 17.0. The summed E-state index contributed by atoms with van der Waals surface area (Å²) in [5.74, 6) is 0.610. The molecule has 4 rings (SSSR count). The van der Waals surface area contributed by atoms with E-state index in [0.29, 0.717) is 17.2 Å². The topological polar surface area (TPSA) is 107 Å². The van der Waals surface area contributed by atoms with E-state index in [0.717, 1.165) is 43.4 Å². The number of piperidine rings is 1. The van der Waals surface area contributed by atoms with Gasteiger partial charge in [0.25, 0.3) is 0 Å². The molecule has 2 heterocycles. The second-order valence-electron chi connectivity index (χ2n) is 8.37. The zero-order chi connectivity index (χ0) is 23.3. The van der Waals surface area contributed by atoms with Gasteiger partial charge in [-0.3, -0.25) is 9.62 Å². The minimum atomic E-state index is -3.35. The van der Waals surface area contributed by atoms with E-state index in [1.165, 1.54) is 18.3 Å². The maximum absolute atomic E-state index is 11.5. The molecule has 2 aromatic carbocycles. The number of aliphatic hydroxyl groups excluding tert-OH is 1. The summed E-state index contributed by atoms with van der Waals surface area (Å²) in [6.45, 7) is 2.00. The highest BCUT2D eigenvalue weighted by Gasteiger charge is 2.21. The van der Waals surface area contributed by atoms with Crippen LogP contribution in [0.15, 0.2) is 60.9 Å². The molecule has 0 aliphatic carbocycles. The number of nitrogens with zero attached hydrogens (tertiary/aromatic N) is 3. The molecule has 1 atom stereocenters. The van der Waals surface area contributed by atoms with Crippen molar-refractivity contribution in [1.29, 1.82) is 0 Å². The molecule has 33 heavy (non-hydrogen) atoms. The first-order chi connectivity index (χ1) is 15.9. The summed E-state index contributed by atoms with van der Waals surface area (Å²) in [7, 11) is -3.35. The first kappa shape index (κ1) is 23.2. The fourth-order valence-electron chi connectivity index (χ4n) is 4.14. The Hall–Kier alpha value is -3.01. The number of likely N-dealkylation sites (tertiary alicyclic amines) is 1.